The molecule has 1 aromatic carbocycles. The van der Waals surface area contributed by atoms with Crippen molar-refractivity contribution in [2.24, 2.45) is 0 Å². The van der Waals surface area contributed by atoms with Gasteiger partial charge >= 0.3 is 0 Å². The number of hydrogen-bond donors (Lipinski definition) is 2. The van der Waals surface area contributed by atoms with Crippen molar-refractivity contribution in [2.45, 2.75) is 30.2 Å². The van der Waals surface area contributed by atoms with Gasteiger partial charge in [-0.2, -0.15) is 0 Å². The molecule has 2 rings (SSSR count). The van der Waals surface area contributed by atoms with E-state index < -0.39 is 31.3 Å². The van der Waals surface area contributed by atoms with Crippen LogP contribution in [0.5, 0.6) is 0 Å². The number of halogens is 1. The maximum absolute atomic E-state index is 13.0. The van der Waals surface area contributed by atoms with Gasteiger partial charge in [-0.1, -0.05) is 6.42 Å². The first-order valence-electron chi connectivity index (χ1n) is 6.57. The fourth-order valence-corrected chi connectivity index (χ4v) is 3.48. The van der Waals surface area contributed by atoms with Crippen molar-refractivity contribution in [3.8, 4) is 0 Å². The number of nitro groups is 1. The maximum atomic E-state index is 13.0. The Hall–Kier alpha value is -1.58. The van der Waals surface area contributed by atoms with E-state index in [1.807, 2.05) is 0 Å². The summed E-state index contributed by atoms with van der Waals surface area (Å²) >= 11 is 0. The van der Waals surface area contributed by atoms with Gasteiger partial charge in [-0.05, 0) is 31.5 Å². The topological polar surface area (TPSA) is 101 Å². The highest BCUT2D eigenvalue weighted by Crippen LogP contribution is 2.24. The van der Waals surface area contributed by atoms with E-state index in [1.54, 1.807) is 0 Å². The number of sulfonamides is 1. The highest BCUT2D eigenvalue weighted by Gasteiger charge is 2.27. The van der Waals surface area contributed by atoms with Crippen LogP contribution >= 0.6 is 0 Å². The molecule has 0 aromatic heterocycles. The summed E-state index contributed by atoms with van der Waals surface area (Å²) in [5, 5.41) is 14.0. The second kappa shape index (κ2) is 6.46. The summed E-state index contributed by atoms with van der Waals surface area (Å²) in [5.41, 5.74) is -0.765. The van der Waals surface area contributed by atoms with Gasteiger partial charge in [-0.25, -0.2) is 17.5 Å². The molecule has 9 heteroatoms. The van der Waals surface area contributed by atoms with Crippen LogP contribution in [0, 0.1) is 15.9 Å². The quantitative estimate of drug-likeness (QED) is 0.627. The van der Waals surface area contributed by atoms with E-state index in [-0.39, 0.29) is 12.6 Å². The number of benzene rings is 1. The smallest absolute Gasteiger partial charge is 0.292 e. The van der Waals surface area contributed by atoms with Crippen LogP contribution in [0.3, 0.4) is 0 Å². The molecule has 0 aliphatic carbocycles. The molecule has 1 heterocycles. The van der Waals surface area contributed by atoms with E-state index in [0.29, 0.717) is 6.07 Å². The van der Waals surface area contributed by atoms with Gasteiger partial charge in [-0.3, -0.25) is 10.1 Å². The van der Waals surface area contributed by atoms with Gasteiger partial charge < -0.3 is 5.32 Å². The molecule has 1 unspecified atom stereocenters. The molecule has 1 saturated heterocycles. The summed E-state index contributed by atoms with van der Waals surface area (Å²) in [7, 11) is -4.05. The summed E-state index contributed by atoms with van der Waals surface area (Å²) in [6.07, 6.45) is 2.90. The Balaban J connectivity index is 2.17. The first-order valence-corrected chi connectivity index (χ1v) is 8.05. The van der Waals surface area contributed by atoms with Crippen LogP contribution in [-0.2, 0) is 10.0 Å². The third-order valence-electron chi connectivity index (χ3n) is 3.34. The minimum atomic E-state index is -4.05. The van der Waals surface area contributed by atoms with Gasteiger partial charge in [0.2, 0.25) is 10.0 Å². The van der Waals surface area contributed by atoms with E-state index in [0.717, 1.165) is 37.9 Å². The predicted molar refractivity (Wildman–Crippen MR) is 73.9 cm³/mol. The van der Waals surface area contributed by atoms with E-state index in [1.165, 1.54) is 0 Å². The van der Waals surface area contributed by atoms with Crippen LogP contribution in [0.4, 0.5) is 10.1 Å². The number of piperidine rings is 1. The minimum Gasteiger partial charge on any atom is -0.313 e. The van der Waals surface area contributed by atoms with Gasteiger partial charge in [0.15, 0.2) is 4.90 Å². The van der Waals surface area contributed by atoms with Crippen molar-refractivity contribution in [3.63, 3.8) is 0 Å². The Labute approximate surface area is 121 Å². The molecule has 1 aromatic rings. The molecule has 0 radical (unpaired) electrons. The highest BCUT2D eigenvalue weighted by molar-refractivity contribution is 7.89. The SMILES string of the molecule is O=[N+]([O-])c1cc(F)ccc1S(=O)(=O)NCC1CCCCN1. The van der Waals surface area contributed by atoms with Gasteiger partial charge in [0, 0.05) is 12.6 Å². The van der Waals surface area contributed by atoms with E-state index >= 15 is 0 Å². The summed E-state index contributed by atoms with van der Waals surface area (Å²) in [4.78, 5) is 9.43. The van der Waals surface area contributed by atoms with E-state index in [2.05, 4.69) is 10.0 Å². The number of hydrogen-bond acceptors (Lipinski definition) is 5. The van der Waals surface area contributed by atoms with Gasteiger partial charge in [-0.15, -0.1) is 0 Å². The van der Waals surface area contributed by atoms with Crippen LogP contribution < -0.4 is 10.0 Å². The molecule has 1 fully saturated rings. The molecule has 0 spiro atoms. The Morgan fingerprint density at radius 3 is 2.81 bits per heavy atom. The van der Waals surface area contributed by atoms with E-state index in [4.69, 9.17) is 0 Å². The van der Waals surface area contributed by atoms with Crippen LogP contribution in [0.25, 0.3) is 0 Å². The molecular formula is C12H16FN3O4S. The van der Waals surface area contributed by atoms with Gasteiger partial charge in [0.1, 0.15) is 5.82 Å². The second-order valence-corrected chi connectivity index (χ2v) is 6.60. The molecule has 1 aliphatic rings. The fourth-order valence-electron chi connectivity index (χ4n) is 2.25. The van der Waals surface area contributed by atoms with Crippen LogP contribution in [-0.4, -0.2) is 32.5 Å². The fraction of sp³-hybridized carbons (Fsp3) is 0.500. The summed E-state index contributed by atoms with van der Waals surface area (Å²) in [5.74, 6) is -0.852. The number of nitrogens with one attached hydrogen (secondary N) is 2. The third kappa shape index (κ3) is 3.96. The average molecular weight is 317 g/mol. The number of nitro benzene ring substituents is 1. The summed E-state index contributed by atoms with van der Waals surface area (Å²) in [6, 6.07) is 2.41. The predicted octanol–water partition coefficient (Wildman–Crippen LogP) is 1.15. The van der Waals surface area contributed by atoms with Crippen molar-refractivity contribution in [3.05, 3.63) is 34.1 Å². The lowest BCUT2D eigenvalue weighted by Crippen LogP contribution is -2.43. The number of rotatable bonds is 5. The molecule has 0 amide bonds. The molecule has 1 aliphatic heterocycles. The normalized spacial score (nSPS) is 19.4. The van der Waals surface area contributed by atoms with Crippen molar-refractivity contribution in [1.29, 1.82) is 0 Å². The third-order valence-corrected chi connectivity index (χ3v) is 4.81. The van der Waals surface area contributed by atoms with Gasteiger partial charge in [0.05, 0.1) is 11.0 Å². The van der Waals surface area contributed by atoms with E-state index in [9.17, 15) is 22.9 Å². The monoisotopic (exact) mass is 317 g/mol. The largest absolute Gasteiger partial charge is 0.313 e. The van der Waals surface area contributed by atoms with Crippen molar-refractivity contribution < 1.29 is 17.7 Å². The molecular weight excluding hydrogens is 301 g/mol. The molecule has 2 N–H and O–H groups in total. The Morgan fingerprint density at radius 2 is 2.19 bits per heavy atom. The highest BCUT2D eigenvalue weighted by atomic mass is 32.2. The van der Waals surface area contributed by atoms with Crippen LogP contribution in [0.15, 0.2) is 23.1 Å². The molecule has 1 atom stereocenters. The van der Waals surface area contributed by atoms with Crippen LogP contribution in [0.1, 0.15) is 19.3 Å². The van der Waals surface area contributed by atoms with Gasteiger partial charge in [0.25, 0.3) is 5.69 Å². The minimum absolute atomic E-state index is 0.00743. The zero-order valence-electron chi connectivity index (χ0n) is 11.2. The molecule has 116 valence electrons. The Kier molecular flexibility index (Phi) is 4.86. The maximum Gasteiger partial charge on any atom is 0.292 e. The zero-order valence-corrected chi connectivity index (χ0v) is 12.0. The first-order chi connectivity index (χ1) is 9.90. The average Bonchev–Trinajstić information content (AvgIpc) is 2.46. The molecule has 0 saturated carbocycles. The van der Waals surface area contributed by atoms with Crippen molar-refractivity contribution in [2.75, 3.05) is 13.1 Å². The zero-order chi connectivity index (χ0) is 15.5. The molecule has 21 heavy (non-hydrogen) atoms. The van der Waals surface area contributed by atoms with Crippen LogP contribution in [0.2, 0.25) is 0 Å². The van der Waals surface area contributed by atoms with Crippen molar-refractivity contribution >= 4 is 15.7 Å². The molecule has 0 bridgehead atoms. The second-order valence-electron chi connectivity index (χ2n) is 4.87. The number of nitrogens with zero attached hydrogens (tertiary/aromatic N) is 1. The lowest BCUT2D eigenvalue weighted by atomic mass is 10.1. The lowest BCUT2D eigenvalue weighted by Gasteiger charge is -2.23. The summed E-state index contributed by atoms with van der Waals surface area (Å²) < 4.78 is 39.7. The lowest BCUT2D eigenvalue weighted by molar-refractivity contribution is -0.388. The Bertz CT molecular complexity index is 629. The standard InChI is InChI=1S/C12H16FN3O4S/c13-9-4-5-12(11(7-9)16(17)18)21(19,20)15-8-10-3-1-2-6-14-10/h4-5,7,10,14-15H,1-3,6,8H2. The first kappa shape index (κ1) is 15.8. The Morgan fingerprint density at radius 1 is 1.43 bits per heavy atom. The van der Waals surface area contributed by atoms with Crippen molar-refractivity contribution in [1.82, 2.24) is 10.0 Å². The molecule has 7 nitrogen and oxygen atoms in total. The summed E-state index contributed by atoms with van der Waals surface area (Å²) in [6.45, 7) is 0.972.